The summed E-state index contributed by atoms with van der Waals surface area (Å²) < 4.78 is 56.1. The second kappa shape index (κ2) is 6.61. The Balaban J connectivity index is 1.62. The lowest BCUT2D eigenvalue weighted by Gasteiger charge is -2.43. The van der Waals surface area contributed by atoms with Crippen LogP contribution in [0.15, 0.2) is 0 Å². The Morgan fingerprint density at radius 2 is 1.83 bits per heavy atom. The van der Waals surface area contributed by atoms with Crippen molar-refractivity contribution in [1.29, 1.82) is 0 Å². The van der Waals surface area contributed by atoms with Crippen LogP contribution in [0.4, 0.5) is 0 Å². The molecule has 3 fully saturated rings. The van der Waals surface area contributed by atoms with Crippen LogP contribution < -0.4 is 0 Å². The zero-order valence-electron chi connectivity index (χ0n) is 13.6. The van der Waals surface area contributed by atoms with E-state index in [4.69, 9.17) is 4.74 Å². The molecular weight excluding hydrogens is 338 g/mol. The van der Waals surface area contributed by atoms with E-state index in [0.29, 0.717) is 25.4 Å². The molecule has 2 saturated carbocycles. The van der Waals surface area contributed by atoms with E-state index in [-0.39, 0.29) is 31.2 Å². The summed E-state index contributed by atoms with van der Waals surface area (Å²) in [6.07, 6.45) is 6.34. The topological polar surface area (TPSA) is 80.8 Å². The summed E-state index contributed by atoms with van der Waals surface area (Å²) in [5.74, 6) is 0.522. The van der Waals surface area contributed by atoms with Gasteiger partial charge in [-0.25, -0.2) is 16.8 Å². The van der Waals surface area contributed by atoms with Crippen LogP contribution in [0, 0.1) is 5.92 Å². The molecule has 0 aromatic rings. The first-order valence-corrected chi connectivity index (χ1v) is 11.9. The molecule has 134 valence electrons. The molecule has 0 amide bonds. The quantitative estimate of drug-likeness (QED) is 0.660. The first-order valence-electron chi connectivity index (χ1n) is 8.63. The highest BCUT2D eigenvalue weighted by molar-refractivity contribution is 7.93. The van der Waals surface area contributed by atoms with Crippen molar-refractivity contribution in [2.75, 3.05) is 37.8 Å². The standard InChI is InChI=1S/C15H27NO5S2/c17-22(18)10-8-16(13-15(22)6-2-1-3-7-15)23(19,20)11-9-21-12-14-4-5-14/h14H,1-13H2. The molecule has 8 heteroatoms. The van der Waals surface area contributed by atoms with Crippen molar-refractivity contribution in [3.63, 3.8) is 0 Å². The maximum atomic E-state index is 12.5. The number of hydrogen-bond donors (Lipinski definition) is 0. The predicted molar refractivity (Wildman–Crippen MR) is 88.5 cm³/mol. The maximum absolute atomic E-state index is 12.5. The molecule has 1 spiro atoms. The SMILES string of the molecule is O=S(=O)(CCOCC1CC1)N1CCS(=O)(=O)C2(CCCCC2)C1. The molecule has 0 atom stereocenters. The smallest absolute Gasteiger partial charge is 0.216 e. The summed E-state index contributed by atoms with van der Waals surface area (Å²) in [6, 6.07) is 0. The number of nitrogens with zero attached hydrogens (tertiary/aromatic N) is 1. The van der Waals surface area contributed by atoms with Crippen LogP contribution in [0.2, 0.25) is 0 Å². The number of ether oxygens (including phenoxy) is 1. The van der Waals surface area contributed by atoms with E-state index >= 15 is 0 Å². The molecule has 0 unspecified atom stereocenters. The zero-order valence-corrected chi connectivity index (χ0v) is 15.2. The highest BCUT2D eigenvalue weighted by atomic mass is 32.2. The minimum absolute atomic E-state index is 0.0458. The Bertz CT molecular complexity index is 618. The molecule has 0 aromatic carbocycles. The van der Waals surface area contributed by atoms with Crippen LogP contribution in [0.25, 0.3) is 0 Å². The van der Waals surface area contributed by atoms with Crippen LogP contribution in [0.1, 0.15) is 44.9 Å². The van der Waals surface area contributed by atoms with E-state index in [1.807, 2.05) is 0 Å². The van der Waals surface area contributed by atoms with Gasteiger partial charge in [0, 0.05) is 19.7 Å². The number of sulfone groups is 1. The largest absolute Gasteiger partial charge is 0.380 e. The Hall–Kier alpha value is -0.180. The number of rotatable bonds is 6. The van der Waals surface area contributed by atoms with Gasteiger partial charge >= 0.3 is 0 Å². The first kappa shape index (κ1) is 17.6. The van der Waals surface area contributed by atoms with Gasteiger partial charge in [0.25, 0.3) is 0 Å². The molecule has 3 aliphatic rings. The van der Waals surface area contributed by atoms with Gasteiger partial charge in [-0.05, 0) is 31.6 Å². The van der Waals surface area contributed by atoms with Crippen LogP contribution in [-0.2, 0) is 24.6 Å². The summed E-state index contributed by atoms with van der Waals surface area (Å²) in [6.45, 7) is 1.08. The van der Waals surface area contributed by atoms with Crippen LogP contribution in [0.3, 0.4) is 0 Å². The summed E-state index contributed by atoms with van der Waals surface area (Å²) in [5, 5.41) is 0. The summed E-state index contributed by atoms with van der Waals surface area (Å²) in [5.41, 5.74) is 0. The first-order chi connectivity index (χ1) is 10.8. The fourth-order valence-electron chi connectivity index (χ4n) is 3.67. The average Bonchev–Trinajstić information content (AvgIpc) is 3.32. The van der Waals surface area contributed by atoms with Crippen molar-refractivity contribution in [2.24, 2.45) is 5.92 Å². The molecule has 6 nitrogen and oxygen atoms in total. The third kappa shape index (κ3) is 3.91. The molecule has 2 aliphatic carbocycles. The second-order valence-electron chi connectivity index (χ2n) is 7.23. The van der Waals surface area contributed by atoms with Gasteiger partial charge < -0.3 is 4.74 Å². The zero-order chi connectivity index (χ0) is 16.6. The second-order valence-corrected chi connectivity index (χ2v) is 11.8. The van der Waals surface area contributed by atoms with Gasteiger partial charge in [0.15, 0.2) is 9.84 Å². The van der Waals surface area contributed by atoms with E-state index in [0.717, 1.165) is 19.3 Å². The molecule has 0 N–H and O–H groups in total. The lowest BCUT2D eigenvalue weighted by molar-refractivity contribution is 0.137. The van der Waals surface area contributed by atoms with Crippen molar-refractivity contribution >= 4 is 19.9 Å². The molecule has 0 bridgehead atoms. The fraction of sp³-hybridized carbons (Fsp3) is 1.00. The molecule has 0 radical (unpaired) electrons. The van der Waals surface area contributed by atoms with Gasteiger partial charge in [-0.15, -0.1) is 0 Å². The van der Waals surface area contributed by atoms with E-state index in [2.05, 4.69) is 0 Å². The fourth-order valence-corrected chi connectivity index (χ4v) is 7.42. The van der Waals surface area contributed by atoms with Crippen molar-refractivity contribution in [1.82, 2.24) is 4.31 Å². The monoisotopic (exact) mass is 365 g/mol. The third-order valence-corrected chi connectivity index (χ3v) is 9.79. The molecule has 1 heterocycles. The predicted octanol–water partition coefficient (Wildman–Crippen LogP) is 1.18. The summed E-state index contributed by atoms with van der Waals surface area (Å²) in [4.78, 5) is 0. The molecule has 1 saturated heterocycles. The molecule has 23 heavy (non-hydrogen) atoms. The number of sulfonamides is 1. The van der Waals surface area contributed by atoms with Gasteiger partial charge in [0.05, 0.1) is 22.9 Å². The Morgan fingerprint density at radius 1 is 1.13 bits per heavy atom. The Kier molecular flexibility index (Phi) is 5.07. The molecule has 1 aliphatic heterocycles. The van der Waals surface area contributed by atoms with Gasteiger partial charge in [0.1, 0.15) is 0 Å². The van der Waals surface area contributed by atoms with Crippen molar-refractivity contribution < 1.29 is 21.6 Å². The molecule has 3 rings (SSSR count). The highest BCUT2D eigenvalue weighted by Crippen LogP contribution is 2.39. The van der Waals surface area contributed by atoms with Gasteiger partial charge in [-0.2, -0.15) is 4.31 Å². The van der Waals surface area contributed by atoms with Crippen molar-refractivity contribution in [3.8, 4) is 0 Å². The van der Waals surface area contributed by atoms with Crippen LogP contribution in [0.5, 0.6) is 0 Å². The summed E-state index contributed by atoms with van der Waals surface area (Å²) in [7, 11) is -6.65. The Morgan fingerprint density at radius 3 is 2.48 bits per heavy atom. The third-order valence-electron chi connectivity index (χ3n) is 5.43. The summed E-state index contributed by atoms with van der Waals surface area (Å²) >= 11 is 0. The van der Waals surface area contributed by atoms with Crippen molar-refractivity contribution in [2.45, 2.75) is 49.7 Å². The van der Waals surface area contributed by atoms with Gasteiger partial charge in [-0.3, -0.25) is 0 Å². The Labute approximate surface area is 139 Å². The lowest BCUT2D eigenvalue weighted by Crippen LogP contribution is -2.58. The minimum Gasteiger partial charge on any atom is -0.380 e. The number of hydrogen-bond acceptors (Lipinski definition) is 5. The van der Waals surface area contributed by atoms with Gasteiger partial charge in [-0.1, -0.05) is 19.3 Å². The lowest BCUT2D eigenvalue weighted by atomic mass is 9.88. The molecular formula is C15H27NO5S2. The molecule has 0 aromatic heterocycles. The van der Waals surface area contributed by atoms with E-state index < -0.39 is 24.6 Å². The van der Waals surface area contributed by atoms with Crippen LogP contribution >= 0.6 is 0 Å². The van der Waals surface area contributed by atoms with Gasteiger partial charge in [0.2, 0.25) is 10.0 Å². The van der Waals surface area contributed by atoms with E-state index in [1.165, 1.54) is 17.1 Å². The van der Waals surface area contributed by atoms with Crippen LogP contribution in [-0.4, -0.2) is 63.7 Å². The van der Waals surface area contributed by atoms with Crippen molar-refractivity contribution in [3.05, 3.63) is 0 Å². The normalized spacial score (nSPS) is 28.0. The minimum atomic E-state index is -3.44. The highest BCUT2D eigenvalue weighted by Gasteiger charge is 2.50. The average molecular weight is 366 g/mol. The van der Waals surface area contributed by atoms with E-state index in [9.17, 15) is 16.8 Å². The maximum Gasteiger partial charge on any atom is 0.216 e. The van der Waals surface area contributed by atoms with E-state index in [1.54, 1.807) is 0 Å².